The lowest BCUT2D eigenvalue weighted by atomic mass is 10.1. The van der Waals surface area contributed by atoms with Crippen LogP contribution in [0.15, 0.2) is 82.8 Å². The Bertz CT molecular complexity index is 1830. The van der Waals surface area contributed by atoms with E-state index in [1.54, 1.807) is 16.3 Å². The molecule has 0 spiro atoms. The number of carbonyl (C=O) groups excluding carboxylic acids is 1. The van der Waals surface area contributed by atoms with Crippen molar-refractivity contribution < 1.29 is 4.79 Å². The number of benzene rings is 2. The van der Waals surface area contributed by atoms with Crippen LogP contribution in [-0.4, -0.2) is 32.1 Å². The lowest BCUT2D eigenvalue weighted by Gasteiger charge is -2.13. The molecular weight excluding hydrogens is 522 g/mol. The maximum absolute atomic E-state index is 13.3. The van der Waals surface area contributed by atoms with Crippen molar-refractivity contribution >= 4 is 52.4 Å². The van der Waals surface area contributed by atoms with E-state index in [4.69, 9.17) is 16.5 Å². The van der Waals surface area contributed by atoms with Gasteiger partial charge in [-0.1, -0.05) is 49.8 Å². The van der Waals surface area contributed by atoms with Crippen LogP contribution in [0.3, 0.4) is 0 Å². The summed E-state index contributed by atoms with van der Waals surface area (Å²) in [5, 5.41) is 0.547. The summed E-state index contributed by atoms with van der Waals surface area (Å²) >= 11 is 1.47. The molecule has 0 aliphatic heterocycles. The van der Waals surface area contributed by atoms with Crippen molar-refractivity contribution in [2.45, 2.75) is 13.3 Å². The number of nitrogens with zero attached hydrogens (tertiary/aromatic N) is 5. The van der Waals surface area contributed by atoms with E-state index in [2.05, 4.69) is 40.1 Å². The van der Waals surface area contributed by atoms with Crippen molar-refractivity contribution in [1.29, 1.82) is 0 Å². The first-order valence-corrected chi connectivity index (χ1v) is 13.0. The zero-order valence-corrected chi connectivity index (χ0v) is 22.5. The van der Waals surface area contributed by atoms with Crippen LogP contribution in [0.25, 0.3) is 22.7 Å². The summed E-state index contributed by atoms with van der Waals surface area (Å²) in [5.74, 6) is 6.30. The predicted molar refractivity (Wildman–Crippen MR) is 161 cm³/mol. The maximum atomic E-state index is 13.3. The van der Waals surface area contributed by atoms with Crippen molar-refractivity contribution in [3.05, 3.63) is 111 Å². The summed E-state index contributed by atoms with van der Waals surface area (Å²) in [7, 11) is 0. The predicted octanol–water partition coefficient (Wildman–Crippen LogP) is 4.54. The fourth-order valence-electron chi connectivity index (χ4n) is 3.96. The van der Waals surface area contributed by atoms with Crippen LogP contribution in [0.2, 0.25) is 0 Å². The first-order chi connectivity index (χ1) is 19.4. The molecule has 0 bridgehead atoms. The number of primary amides is 1. The standard InChI is InChI=1S/C21H15N3OS.C9H10N4O/c1-2-19-23-18-10-6-7-15(11-12-17-13-22-14-26-17)20(18)21(25)24(19)16-8-4-3-5-9-16;1-3-5-4-13-8(10)6(9(11)14)7(5)12-2/h3-10,13-14H,2H2,1H3;3-4H,1-2H2,(H2,10,13)(H2,11,14). The molecule has 0 fully saturated rings. The Morgan fingerprint density at radius 3 is 2.55 bits per heavy atom. The molecule has 0 saturated carbocycles. The fourth-order valence-corrected chi connectivity index (χ4v) is 4.43. The van der Waals surface area contributed by atoms with Crippen LogP contribution in [-0.2, 0) is 6.42 Å². The minimum absolute atomic E-state index is 0.0468. The van der Waals surface area contributed by atoms with Gasteiger partial charge >= 0.3 is 0 Å². The van der Waals surface area contributed by atoms with E-state index in [1.807, 2.05) is 55.5 Å². The summed E-state index contributed by atoms with van der Waals surface area (Å²) in [6, 6.07) is 15.2. The molecule has 0 unspecified atom stereocenters. The quantitative estimate of drug-likeness (QED) is 0.244. The number of para-hydroxylation sites is 1. The number of fused-ring (bicyclic) bond motifs is 1. The number of thiazole rings is 1. The van der Waals surface area contributed by atoms with Crippen molar-refractivity contribution in [2.24, 2.45) is 10.7 Å². The molecule has 0 radical (unpaired) electrons. The second-order valence-electron chi connectivity index (χ2n) is 8.22. The van der Waals surface area contributed by atoms with Crippen LogP contribution >= 0.6 is 11.3 Å². The van der Waals surface area contributed by atoms with Gasteiger partial charge in [0.15, 0.2) is 0 Å². The molecule has 0 atom stereocenters. The van der Waals surface area contributed by atoms with Gasteiger partial charge in [-0.15, -0.1) is 11.3 Å². The molecule has 198 valence electrons. The van der Waals surface area contributed by atoms with E-state index >= 15 is 0 Å². The Morgan fingerprint density at radius 1 is 1.15 bits per heavy atom. The number of nitrogen functional groups attached to an aromatic ring is 1. The zero-order chi connectivity index (χ0) is 28.6. The zero-order valence-electron chi connectivity index (χ0n) is 21.7. The molecule has 40 heavy (non-hydrogen) atoms. The Labute approximate surface area is 234 Å². The van der Waals surface area contributed by atoms with Crippen LogP contribution in [0.1, 0.15) is 39.1 Å². The minimum atomic E-state index is -0.680. The molecule has 0 saturated heterocycles. The Kier molecular flexibility index (Phi) is 8.59. The van der Waals surface area contributed by atoms with Gasteiger partial charge in [0, 0.05) is 23.7 Å². The monoisotopic (exact) mass is 547 g/mol. The van der Waals surface area contributed by atoms with Crippen LogP contribution in [0.5, 0.6) is 0 Å². The van der Waals surface area contributed by atoms with Gasteiger partial charge in [0.1, 0.15) is 17.2 Å². The number of aromatic nitrogens is 4. The van der Waals surface area contributed by atoms with Crippen molar-refractivity contribution in [3.8, 4) is 17.5 Å². The summed E-state index contributed by atoms with van der Waals surface area (Å²) in [6.07, 6.45) is 5.34. The van der Waals surface area contributed by atoms with Crippen molar-refractivity contribution in [2.75, 3.05) is 5.73 Å². The van der Waals surface area contributed by atoms with Gasteiger partial charge in [-0.05, 0) is 36.9 Å². The second kappa shape index (κ2) is 12.4. The number of rotatable bonds is 5. The van der Waals surface area contributed by atoms with Crippen molar-refractivity contribution in [1.82, 2.24) is 19.5 Å². The molecule has 3 aromatic heterocycles. The summed E-state index contributed by atoms with van der Waals surface area (Å²) in [6.45, 7) is 8.88. The van der Waals surface area contributed by atoms with Crippen molar-refractivity contribution in [3.63, 3.8) is 0 Å². The minimum Gasteiger partial charge on any atom is -0.383 e. The summed E-state index contributed by atoms with van der Waals surface area (Å²) in [4.78, 5) is 41.5. The number of pyridine rings is 1. The molecule has 1 amide bonds. The van der Waals surface area contributed by atoms with Gasteiger partial charge in [-0.3, -0.25) is 24.1 Å². The normalized spacial score (nSPS) is 10.1. The van der Waals surface area contributed by atoms with Gasteiger partial charge < -0.3 is 11.5 Å². The Balaban J connectivity index is 0.000000224. The number of aryl methyl sites for hydroxylation is 1. The Hall–Kier alpha value is -5.40. The first kappa shape index (κ1) is 27.6. The largest absolute Gasteiger partial charge is 0.383 e. The second-order valence-corrected chi connectivity index (χ2v) is 9.11. The molecule has 2 aromatic carbocycles. The third-order valence-electron chi connectivity index (χ3n) is 5.78. The van der Waals surface area contributed by atoms with Gasteiger partial charge in [0.25, 0.3) is 11.5 Å². The molecule has 5 rings (SSSR count). The number of hydrogen-bond acceptors (Lipinski definition) is 8. The lowest BCUT2D eigenvalue weighted by molar-refractivity contribution is 0.100. The molecule has 9 nitrogen and oxygen atoms in total. The highest BCUT2D eigenvalue weighted by Crippen LogP contribution is 2.27. The van der Waals surface area contributed by atoms with E-state index in [1.165, 1.54) is 23.6 Å². The average molecular weight is 548 g/mol. The smallest absolute Gasteiger partial charge is 0.267 e. The third-order valence-corrected chi connectivity index (χ3v) is 6.47. The van der Waals surface area contributed by atoms with E-state index < -0.39 is 5.91 Å². The highest BCUT2D eigenvalue weighted by Gasteiger charge is 2.15. The number of anilines is 1. The van der Waals surface area contributed by atoms with E-state index in [0.717, 1.165) is 16.4 Å². The fraction of sp³-hybridized carbons (Fsp3) is 0.0667. The maximum Gasteiger partial charge on any atom is 0.267 e. The molecule has 0 aliphatic carbocycles. The highest BCUT2D eigenvalue weighted by atomic mass is 32.1. The van der Waals surface area contributed by atoms with Gasteiger partial charge in [0.2, 0.25) is 0 Å². The Morgan fingerprint density at radius 2 is 1.93 bits per heavy atom. The molecule has 4 N–H and O–H groups in total. The van der Waals surface area contributed by atoms with Gasteiger partial charge in [-0.25, -0.2) is 9.97 Å². The van der Waals surface area contributed by atoms with Gasteiger partial charge in [0.05, 0.1) is 38.9 Å². The number of aliphatic imine (C=N–C) groups is 1. The van der Waals surface area contributed by atoms with E-state index in [-0.39, 0.29) is 16.9 Å². The highest BCUT2D eigenvalue weighted by molar-refractivity contribution is 7.10. The molecule has 3 heterocycles. The number of amides is 1. The average Bonchev–Trinajstić information content (AvgIpc) is 3.50. The first-order valence-electron chi connectivity index (χ1n) is 12.1. The van der Waals surface area contributed by atoms with E-state index in [9.17, 15) is 9.59 Å². The molecular formula is C30H25N7O2S. The topological polar surface area (TPSA) is 142 Å². The molecule has 10 heteroatoms. The summed E-state index contributed by atoms with van der Waals surface area (Å²) < 4.78 is 1.68. The van der Waals surface area contributed by atoms with Gasteiger partial charge in [-0.2, -0.15) is 0 Å². The number of carbonyl (C=O) groups is 1. The lowest BCUT2D eigenvalue weighted by Crippen LogP contribution is -2.24. The SMILES string of the molecule is C=Cc1cnc(N)c(C(N)=O)c1N=C.CCc1nc2cccc(C#Cc3cncs3)c2c(=O)n1-c1ccccc1. The molecule has 0 aliphatic rings. The third kappa shape index (κ3) is 5.70. The van der Waals surface area contributed by atoms with E-state index in [0.29, 0.717) is 34.1 Å². The number of nitrogens with two attached hydrogens (primary N) is 2. The van der Waals surface area contributed by atoms with Crippen LogP contribution < -0.4 is 17.0 Å². The number of hydrogen-bond donors (Lipinski definition) is 2. The van der Waals surface area contributed by atoms with Crippen LogP contribution in [0, 0.1) is 11.8 Å². The summed E-state index contributed by atoms with van der Waals surface area (Å²) in [5.41, 5.74) is 15.4. The van der Waals surface area contributed by atoms with Crippen LogP contribution in [0.4, 0.5) is 11.5 Å². The molecule has 5 aromatic rings.